The number of methoxy groups -OCH3 is 2. The maximum absolute atomic E-state index is 12.1. The van der Waals surface area contributed by atoms with Crippen LogP contribution in [0, 0.1) is 0 Å². The van der Waals surface area contributed by atoms with Crippen LogP contribution in [0.15, 0.2) is 18.2 Å². The highest BCUT2D eigenvalue weighted by atomic mass is 35.5. The van der Waals surface area contributed by atoms with Crippen LogP contribution in [0.1, 0.15) is 6.42 Å². The van der Waals surface area contributed by atoms with E-state index in [0.717, 1.165) is 32.7 Å². The van der Waals surface area contributed by atoms with Crippen molar-refractivity contribution >= 4 is 24.0 Å². The number of nitrogens with zero attached hydrogens (tertiary/aromatic N) is 2. The lowest BCUT2D eigenvalue weighted by molar-refractivity contribution is -0.116. The van der Waals surface area contributed by atoms with Gasteiger partial charge >= 0.3 is 0 Å². The van der Waals surface area contributed by atoms with Crippen LogP contribution in [0.5, 0.6) is 11.5 Å². The summed E-state index contributed by atoms with van der Waals surface area (Å²) < 4.78 is 10.4. The number of halogens is 1. The predicted octanol–water partition coefficient (Wildman–Crippen LogP) is 1.70. The predicted molar refractivity (Wildman–Crippen MR) is 94.0 cm³/mol. The van der Waals surface area contributed by atoms with Crippen LogP contribution < -0.4 is 14.8 Å². The Balaban J connectivity index is 0.00000264. The van der Waals surface area contributed by atoms with Gasteiger partial charge in [-0.05, 0) is 19.2 Å². The molecule has 0 saturated carbocycles. The quantitative estimate of drug-likeness (QED) is 0.852. The number of anilines is 1. The van der Waals surface area contributed by atoms with Crippen molar-refractivity contribution in [3.63, 3.8) is 0 Å². The number of rotatable bonds is 6. The van der Waals surface area contributed by atoms with Crippen LogP contribution in [0.4, 0.5) is 5.69 Å². The standard InChI is InChI=1S/C16H25N3O3.ClH/c1-18-8-10-19(11-9-18)7-6-16(20)17-14-5-4-13(21-2)12-15(14)22-3;/h4-5,12H,6-11H2,1-3H3,(H,17,20);1H. The number of benzene rings is 1. The zero-order valence-electron chi connectivity index (χ0n) is 14.0. The molecule has 130 valence electrons. The minimum Gasteiger partial charge on any atom is -0.497 e. The van der Waals surface area contributed by atoms with Crippen LogP contribution in [0.3, 0.4) is 0 Å². The average molecular weight is 344 g/mol. The van der Waals surface area contributed by atoms with Gasteiger partial charge in [-0.15, -0.1) is 12.4 Å². The number of piperazine rings is 1. The van der Waals surface area contributed by atoms with Crippen molar-refractivity contribution in [3.05, 3.63) is 18.2 Å². The van der Waals surface area contributed by atoms with E-state index in [2.05, 4.69) is 22.2 Å². The van der Waals surface area contributed by atoms with Gasteiger partial charge < -0.3 is 24.6 Å². The van der Waals surface area contributed by atoms with Crippen molar-refractivity contribution in [1.82, 2.24) is 9.80 Å². The van der Waals surface area contributed by atoms with E-state index >= 15 is 0 Å². The average Bonchev–Trinajstić information content (AvgIpc) is 2.54. The van der Waals surface area contributed by atoms with Crippen molar-refractivity contribution in [2.45, 2.75) is 6.42 Å². The molecule has 0 radical (unpaired) electrons. The fourth-order valence-electron chi connectivity index (χ4n) is 2.45. The number of carbonyl (C=O) groups is 1. The second-order valence-corrected chi connectivity index (χ2v) is 5.51. The lowest BCUT2D eigenvalue weighted by atomic mass is 10.2. The van der Waals surface area contributed by atoms with Gasteiger partial charge in [0.25, 0.3) is 0 Å². The Morgan fingerprint density at radius 3 is 2.48 bits per heavy atom. The van der Waals surface area contributed by atoms with Gasteiger partial charge in [0.15, 0.2) is 0 Å². The first kappa shape index (κ1) is 19.5. The first-order chi connectivity index (χ1) is 10.6. The highest BCUT2D eigenvalue weighted by Crippen LogP contribution is 2.29. The highest BCUT2D eigenvalue weighted by molar-refractivity contribution is 5.92. The van der Waals surface area contributed by atoms with E-state index in [1.165, 1.54) is 0 Å². The van der Waals surface area contributed by atoms with Gasteiger partial charge in [0.2, 0.25) is 5.91 Å². The number of amides is 1. The van der Waals surface area contributed by atoms with Crippen LogP contribution in [0.25, 0.3) is 0 Å². The van der Waals surface area contributed by atoms with Crippen LogP contribution >= 0.6 is 12.4 Å². The van der Waals surface area contributed by atoms with Crippen molar-refractivity contribution in [2.75, 3.05) is 59.3 Å². The smallest absolute Gasteiger partial charge is 0.225 e. The number of nitrogens with one attached hydrogen (secondary N) is 1. The molecule has 0 bridgehead atoms. The third kappa shape index (κ3) is 5.89. The fraction of sp³-hybridized carbons (Fsp3) is 0.562. The molecule has 1 aliphatic heterocycles. The van der Waals surface area contributed by atoms with E-state index < -0.39 is 0 Å². The molecule has 1 saturated heterocycles. The molecule has 0 aliphatic carbocycles. The Kier molecular flexibility index (Phi) is 8.16. The molecule has 1 aromatic carbocycles. The zero-order valence-corrected chi connectivity index (χ0v) is 14.8. The number of carbonyl (C=O) groups excluding carboxylic acids is 1. The van der Waals surface area contributed by atoms with E-state index in [9.17, 15) is 4.79 Å². The molecule has 1 aliphatic rings. The Morgan fingerprint density at radius 1 is 1.17 bits per heavy atom. The topological polar surface area (TPSA) is 54.0 Å². The van der Waals surface area contributed by atoms with Gasteiger partial charge in [-0.3, -0.25) is 4.79 Å². The van der Waals surface area contributed by atoms with Gasteiger partial charge in [-0.25, -0.2) is 0 Å². The second kappa shape index (κ2) is 9.60. The lowest BCUT2D eigenvalue weighted by Crippen LogP contribution is -2.45. The molecule has 1 N–H and O–H groups in total. The number of likely N-dealkylation sites (N-methyl/N-ethyl adjacent to an activating group) is 1. The molecular formula is C16H26ClN3O3. The van der Waals surface area contributed by atoms with E-state index in [1.807, 2.05) is 0 Å². The summed E-state index contributed by atoms with van der Waals surface area (Å²) in [7, 11) is 5.30. The number of hydrogen-bond acceptors (Lipinski definition) is 5. The molecule has 0 aromatic heterocycles. The van der Waals surface area contributed by atoms with Crippen LogP contribution in [-0.4, -0.2) is 69.7 Å². The Hall–Kier alpha value is -1.50. The van der Waals surface area contributed by atoms with E-state index in [0.29, 0.717) is 23.6 Å². The summed E-state index contributed by atoms with van der Waals surface area (Å²) in [5.41, 5.74) is 0.673. The summed E-state index contributed by atoms with van der Waals surface area (Å²) >= 11 is 0. The minimum atomic E-state index is 0. The van der Waals surface area contributed by atoms with E-state index in [1.54, 1.807) is 32.4 Å². The van der Waals surface area contributed by atoms with Gasteiger partial charge in [0, 0.05) is 45.2 Å². The maximum Gasteiger partial charge on any atom is 0.225 e. The summed E-state index contributed by atoms with van der Waals surface area (Å²) in [5.74, 6) is 1.31. The molecule has 1 amide bonds. The van der Waals surface area contributed by atoms with E-state index in [4.69, 9.17) is 9.47 Å². The molecule has 1 heterocycles. The first-order valence-electron chi connectivity index (χ1n) is 7.55. The van der Waals surface area contributed by atoms with Crippen LogP contribution in [-0.2, 0) is 4.79 Å². The Bertz CT molecular complexity index is 505. The van der Waals surface area contributed by atoms with E-state index in [-0.39, 0.29) is 18.3 Å². The summed E-state index contributed by atoms with van der Waals surface area (Å²) in [4.78, 5) is 16.7. The van der Waals surface area contributed by atoms with Gasteiger partial charge in [0.05, 0.1) is 19.9 Å². The highest BCUT2D eigenvalue weighted by Gasteiger charge is 2.15. The summed E-state index contributed by atoms with van der Waals surface area (Å²) in [5, 5.41) is 2.90. The Labute approximate surface area is 144 Å². The fourth-order valence-corrected chi connectivity index (χ4v) is 2.45. The third-order valence-electron chi connectivity index (χ3n) is 3.93. The SMILES string of the molecule is COc1ccc(NC(=O)CCN2CCN(C)CC2)c(OC)c1.Cl. The molecule has 6 nitrogen and oxygen atoms in total. The molecule has 0 spiro atoms. The van der Waals surface area contributed by atoms with Crippen molar-refractivity contribution < 1.29 is 14.3 Å². The minimum absolute atomic E-state index is 0. The van der Waals surface area contributed by atoms with Crippen molar-refractivity contribution in [3.8, 4) is 11.5 Å². The molecule has 1 aromatic rings. The molecule has 0 atom stereocenters. The maximum atomic E-state index is 12.1. The normalized spacial score (nSPS) is 15.6. The number of hydrogen-bond donors (Lipinski definition) is 1. The van der Waals surface area contributed by atoms with Gasteiger partial charge in [-0.2, -0.15) is 0 Å². The Morgan fingerprint density at radius 2 is 1.87 bits per heavy atom. The lowest BCUT2D eigenvalue weighted by Gasteiger charge is -2.32. The molecule has 0 unspecified atom stereocenters. The summed E-state index contributed by atoms with van der Waals surface area (Å²) in [6, 6.07) is 5.36. The molecule has 23 heavy (non-hydrogen) atoms. The van der Waals surface area contributed by atoms with Crippen molar-refractivity contribution in [2.24, 2.45) is 0 Å². The van der Waals surface area contributed by atoms with Gasteiger partial charge in [0.1, 0.15) is 11.5 Å². The van der Waals surface area contributed by atoms with Crippen LogP contribution in [0.2, 0.25) is 0 Å². The van der Waals surface area contributed by atoms with Crippen molar-refractivity contribution in [1.29, 1.82) is 0 Å². The monoisotopic (exact) mass is 343 g/mol. The van der Waals surface area contributed by atoms with Gasteiger partial charge in [-0.1, -0.05) is 0 Å². The third-order valence-corrected chi connectivity index (χ3v) is 3.93. The molecule has 1 fully saturated rings. The molecule has 2 rings (SSSR count). The number of ether oxygens (including phenoxy) is 2. The second-order valence-electron chi connectivity index (χ2n) is 5.51. The molecule has 7 heteroatoms. The zero-order chi connectivity index (χ0) is 15.9. The molecular weight excluding hydrogens is 318 g/mol. The summed E-state index contributed by atoms with van der Waals surface area (Å²) in [6.45, 7) is 4.96. The first-order valence-corrected chi connectivity index (χ1v) is 7.55. The summed E-state index contributed by atoms with van der Waals surface area (Å²) in [6.07, 6.45) is 0.485. The largest absolute Gasteiger partial charge is 0.497 e.